The minimum Gasteiger partial charge on any atom is -0.463 e. The number of anilines is 2. The Balaban J connectivity index is 1.49. The first-order chi connectivity index (χ1) is 25.6. The summed E-state index contributed by atoms with van der Waals surface area (Å²) in [5.74, 6) is -4.95. The summed E-state index contributed by atoms with van der Waals surface area (Å²) in [6.07, 6.45) is -7.41. The first-order valence-electron chi connectivity index (χ1n) is 18.3. The van der Waals surface area contributed by atoms with Gasteiger partial charge in [0.05, 0.1) is 20.4 Å². The van der Waals surface area contributed by atoms with Gasteiger partial charge in [-0.05, 0) is 57.4 Å². The molecular weight excluding hydrogens is 687 g/mol. The lowest BCUT2D eigenvalue weighted by atomic mass is 9.73. The van der Waals surface area contributed by atoms with Crippen LogP contribution in [0, 0.1) is 41.2 Å². The number of thiophene rings is 1. The van der Waals surface area contributed by atoms with Gasteiger partial charge < -0.3 is 25.6 Å². The zero-order valence-electron chi connectivity index (χ0n) is 31.7. The number of halogens is 7. The van der Waals surface area contributed by atoms with E-state index < -0.39 is 95.7 Å². The van der Waals surface area contributed by atoms with Gasteiger partial charge in [-0.2, -0.15) is 28.4 Å². The standard InChI is InChI=1S/C34H34F7N7OS/c1-15-8-22-23(19(10-42)30(43)50-22)25(26(15)35)24-21(34(39,40)41)9-18-28(27(24)36)45-32(46-31(18)48-11-16-4-5-17(12-48)44-16)49-14-33(2)13-47(3)7-6-20(33)29(37)38/h8-9,16-17,20,29,44H,4-7,11-14,43H2,1-3H3/t16-,17+,20-,33+/m1/s1/i3D3,14D2. The molecule has 16 heteroatoms. The summed E-state index contributed by atoms with van der Waals surface area (Å²) >= 11 is 0.804. The van der Waals surface area contributed by atoms with E-state index in [1.807, 2.05) is 0 Å². The number of fused-ring (bicyclic) bond motifs is 4. The van der Waals surface area contributed by atoms with E-state index in [-0.39, 0.29) is 63.7 Å². The van der Waals surface area contributed by atoms with Crippen LogP contribution in [0.4, 0.5) is 41.6 Å². The number of aromatic nitrogens is 2. The van der Waals surface area contributed by atoms with E-state index in [0.717, 1.165) is 23.2 Å². The van der Waals surface area contributed by atoms with E-state index in [9.17, 15) is 14.0 Å². The van der Waals surface area contributed by atoms with Crippen LogP contribution in [-0.4, -0.2) is 73.1 Å². The largest absolute Gasteiger partial charge is 0.463 e. The van der Waals surface area contributed by atoms with Gasteiger partial charge in [-0.3, -0.25) is 0 Å². The van der Waals surface area contributed by atoms with Crippen molar-refractivity contribution in [2.24, 2.45) is 11.3 Å². The predicted molar refractivity (Wildman–Crippen MR) is 177 cm³/mol. The Morgan fingerprint density at radius 1 is 1.18 bits per heavy atom. The van der Waals surface area contributed by atoms with Crippen LogP contribution in [0.3, 0.4) is 0 Å². The normalized spacial score (nSPS) is 26.5. The quantitative estimate of drug-likeness (QED) is 0.203. The zero-order chi connectivity index (χ0) is 40.2. The van der Waals surface area contributed by atoms with Crippen LogP contribution >= 0.6 is 11.3 Å². The number of nitrogens with one attached hydrogen (secondary N) is 1. The van der Waals surface area contributed by atoms with Crippen molar-refractivity contribution in [1.29, 1.82) is 5.26 Å². The fraction of sp³-hybridized carbons (Fsp3) is 0.500. The van der Waals surface area contributed by atoms with E-state index in [4.69, 9.17) is 17.3 Å². The second-order valence-corrected chi connectivity index (χ2v) is 14.4. The number of nitrogens with zero attached hydrogens (tertiary/aromatic N) is 5. The molecule has 0 radical (unpaired) electrons. The second-order valence-electron chi connectivity index (χ2n) is 13.4. The second kappa shape index (κ2) is 12.4. The van der Waals surface area contributed by atoms with Crippen LogP contribution in [-0.2, 0) is 6.18 Å². The molecule has 0 amide bonds. The molecule has 4 atom stereocenters. The fourth-order valence-electron chi connectivity index (χ4n) is 7.53. The number of nitriles is 1. The van der Waals surface area contributed by atoms with Crippen LogP contribution < -0.4 is 20.7 Å². The number of aryl methyl sites for hydroxylation is 1. The highest BCUT2D eigenvalue weighted by atomic mass is 32.1. The summed E-state index contributed by atoms with van der Waals surface area (Å²) in [7, 11) is 0. The van der Waals surface area contributed by atoms with Crippen molar-refractivity contribution in [1.82, 2.24) is 20.2 Å². The van der Waals surface area contributed by atoms with Gasteiger partial charge in [0.1, 0.15) is 28.2 Å². The molecule has 3 N–H and O–H groups in total. The first-order valence-corrected chi connectivity index (χ1v) is 16.6. The monoisotopic (exact) mass is 726 g/mol. The lowest BCUT2D eigenvalue weighted by Gasteiger charge is -2.44. The number of nitrogens with two attached hydrogens (primary N) is 1. The van der Waals surface area contributed by atoms with Crippen LogP contribution in [0.1, 0.15) is 49.7 Å². The SMILES string of the molecule is [2H]C([2H])([2H])N1CC[C@H](C(F)F)[C@](C)(C([2H])([2H])Oc2nc(N3C[C@H]4CC[C@@H](C3)N4)c3cc(C(F)(F)F)c(-c4c(F)c(C)cc5sc(N)c(C#N)c45)c(F)c3n2)C1. The molecule has 2 aromatic heterocycles. The van der Waals surface area contributed by atoms with Crippen molar-refractivity contribution in [2.45, 2.75) is 57.8 Å². The molecule has 3 aliphatic rings. The molecule has 8 nitrogen and oxygen atoms in total. The van der Waals surface area contributed by atoms with E-state index in [2.05, 4.69) is 15.3 Å². The number of hydrogen-bond acceptors (Lipinski definition) is 9. The van der Waals surface area contributed by atoms with Crippen molar-refractivity contribution in [3.05, 3.63) is 40.5 Å². The number of ether oxygens (including phenoxy) is 1. The van der Waals surface area contributed by atoms with Gasteiger partial charge in [0.2, 0.25) is 6.43 Å². The number of benzene rings is 2. The Morgan fingerprint density at radius 2 is 1.90 bits per heavy atom. The summed E-state index contributed by atoms with van der Waals surface area (Å²) in [5.41, 5.74) is -1.37. The average molecular weight is 727 g/mol. The number of piperidine rings is 1. The molecule has 50 heavy (non-hydrogen) atoms. The van der Waals surface area contributed by atoms with Gasteiger partial charge in [0, 0.05) is 73.8 Å². The Labute approximate surface area is 294 Å². The summed E-state index contributed by atoms with van der Waals surface area (Å²) in [6.45, 7) is -4.22. The molecule has 2 aromatic carbocycles. The number of hydrogen-bond donors (Lipinski definition) is 2. The minimum atomic E-state index is -5.30. The van der Waals surface area contributed by atoms with E-state index >= 15 is 22.0 Å². The van der Waals surface area contributed by atoms with Gasteiger partial charge in [-0.15, -0.1) is 11.3 Å². The Kier molecular flexibility index (Phi) is 7.11. The molecule has 266 valence electrons. The van der Waals surface area contributed by atoms with Crippen molar-refractivity contribution < 1.29 is 42.3 Å². The lowest BCUT2D eigenvalue weighted by molar-refractivity contribution is -0.137. The molecule has 0 saturated carbocycles. The fourth-order valence-corrected chi connectivity index (χ4v) is 8.55. The van der Waals surface area contributed by atoms with Crippen molar-refractivity contribution in [3.8, 4) is 23.2 Å². The van der Waals surface area contributed by atoms with Crippen LogP contribution in [0.2, 0.25) is 0 Å². The highest BCUT2D eigenvalue weighted by Crippen LogP contribution is 2.49. The van der Waals surface area contributed by atoms with Crippen LogP contribution in [0.25, 0.3) is 32.1 Å². The van der Waals surface area contributed by atoms with Gasteiger partial charge >= 0.3 is 12.2 Å². The van der Waals surface area contributed by atoms with Crippen molar-refractivity contribution >= 4 is 43.1 Å². The maximum atomic E-state index is 17.3. The third-order valence-corrected chi connectivity index (χ3v) is 10.9. The Hall–Kier alpha value is -3.94. The molecular formula is C34H34F7N7OS. The molecule has 0 aliphatic carbocycles. The maximum absolute atomic E-state index is 17.3. The molecule has 3 fully saturated rings. The van der Waals surface area contributed by atoms with E-state index in [1.165, 1.54) is 13.0 Å². The van der Waals surface area contributed by atoms with Gasteiger partial charge in [0.15, 0.2) is 5.82 Å². The van der Waals surface area contributed by atoms with Gasteiger partial charge in [0.25, 0.3) is 0 Å². The summed E-state index contributed by atoms with van der Waals surface area (Å²) in [4.78, 5) is 10.8. The maximum Gasteiger partial charge on any atom is 0.417 e. The topological polar surface area (TPSA) is 103 Å². The number of rotatable bonds is 6. The number of alkyl halides is 5. The van der Waals surface area contributed by atoms with E-state index in [1.54, 1.807) is 11.0 Å². The lowest BCUT2D eigenvalue weighted by Crippen LogP contribution is -2.51. The first kappa shape index (κ1) is 28.7. The van der Waals surface area contributed by atoms with Crippen molar-refractivity contribution in [3.63, 3.8) is 0 Å². The highest BCUT2D eigenvalue weighted by Gasteiger charge is 2.45. The number of likely N-dealkylation sites (tertiary alicyclic amines) is 1. The average Bonchev–Trinajstić information content (AvgIpc) is 3.59. The zero-order valence-corrected chi connectivity index (χ0v) is 27.5. The number of nitrogen functional groups attached to an aromatic ring is 1. The van der Waals surface area contributed by atoms with Gasteiger partial charge in [-0.25, -0.2) is 17.6 Å². The molecule has 3 aliphatic heterocycles. The highest BCUT2D eigenvalue weighted by molar-refractivity contribution is 7.23. The number of piperazine rings is 1. The predicted octanol–water partition coefficient (Wildman–Crippen LogP) is 7.11. The smallest absolute Gasteiger partial charge is 0.417 e. The molecule has 0 unspecified atom stereocenters. The Bertz CT molecular complexity index is 2240. The van der Waals surface area contributed by atoms with Crippen LogP contribution in [0.5, 0.6) is 6.01 Å². The Morgan fingerprint density at radius 3 is 2.54 bits per heavy atom. The summed E-state index contributed by atoms with van der Waals surface area (Å²) < 4.78 is 155. The third-order valence-electron chi connectivity index (χ3n) is 9.93. The molecule has 0 spiro atoms. The third kappa shape index (κ3) is 5.76. The van der Waals surface area contributed by atoms with Crippen molar-refractivity contribution in [2.75, 3.05) is 50.3 Å². The molecule has 3 saturated heterocycles. The summed E-state index contributed by atoms with van der Waals surface area (Å²) in [5, 5.41) is 12.3. The molecule has 7 rings (SSSR count). The van der Waals surface area contributed by atoms with Crippen LogP contribution in [0.15, 0.2) is 12.1 Å². The summed E-state index contributed by atoms with van der Waals surface area (Å²) in [6, 6.07) is 2.43. The van der Waals surface area contributed by atoms with E-state index in [0.29, 0.717) is 18.9 Å². The minimum absolute atomic E-state index is 0.118. The molecule has 5 heterocycles. The van der Waals surface area contributed by atoms with Gasteiger partial charge in [-0.1, -0.05) is 6.92 Å². The molecule has 2 bridgehead atoms. The molecule has 4 aromatic rings.